The summed E-state index contributed by atoms with van der Waals surface area (Å²) >= 11 is 6.09. The zero-order valence-corrected chi connectivity index (χ0v) is 15.4. The van der Waals surface area contributed by atoms with Crippen LogP contribution in [0.3, 0.4) is 0 Å². The number of carbonyl (C=O) groups excluding carboxylic acids is 2. The smallest absolute Gasteiger partial charge is 0.331 e. The van der Waals surface area contributed by atoms with Gasteiger partial charge in [0.2, 0.25) is 6.79 Å². The lowest BCUT2D eigenvalue weighted by Crippen LogP contribution is -2.42. The Morgan fingerprint density at radius 3 is 2.92 bits per heavy atom. The molecule has 1 aromatic carbocycles. The van der Waals surface area contributed by atoms with Crippen LogP contribution in [-0.4, -0.2) is 31.3 Å². The first-order chi connectivity index (χ1) is 12.5. The van der Waals surface area contributed by atoms with Crippen LogP contribution in [0.4, 0.5) is 0 Å². The number of ether oxygens (including phenoxy) is 3. The van der Waals surface area contributed by atoms with Gasteiger partial charge in [-0.2, -0.15) is 0 Å². The Balaban J connectivity index is 1.47. The summed E-state index contributed by atoms with van der Waals surface area (Å²) in [6.07, 6.45) is 7.23. The predicted molar refractivity (Wildman–Crippen MR) is 97.1 cm³/mol. The second-order valence-corrected chi connectivity index (χ2v) is 7.02. The molecular formula is C19H22ClNO5. The Hall–Kier alpha value is -2.21. The van der Waals surface area contributed by atoms with Gasteiger partial charge in [0.1, 0.15) is 0 Å². The van der Waals surface area contributed by atoms with E-state index in [2.05, 4.69) is 12.2 Å². The number of rotatable bonds is 5. The fourth-order valence-corrected chi connectivity index (χ4v) is 3.49. The molecule has 140 valence electrons. The van der Waals surface area contributed by atoms with E-state index in [4.69, 9.17) is 25.8 Å². The lowest BCUT2D eigenvalue weighted by atomic mass is 9.86. The topological polar surface area (TPSA) is 73.9 Å². The number of amides is 1. The monoisotopic (exact) mass is 379 g/mol. The van der Waals surface area contributed by atoms with E-state index in [1.54, 1.807) is 18.2 Å². The van der Waals surface area contributed by atoms with E-state index in [0.717, 1.165) is 19.3 Å². The third kappa shape index (κ3) is 4.69. The average molecular weight is 380 g/mol. The van der Waals surface area contributed by atoms with E-state index in [0.29, 0.717) is 28.0 Å². The minimum atomic E-state index is -0.592. The van der Waals surface area contributed by atoms with Crippen LogP contribution in [-0.2, 0) is 14.3 Å². The van der Waals surface area contributed by atoms with Gasteiger partial charge in [-0.25, -0.2) is 4.79 Å². The van der Waals surface area contributed by atoms with E-state index in [1.165, 1.54) is 12.5 Å². The third-order valence-electron chi connectivity index (χ3n) is 4.66. The molecule has 3 rings (SSSR count). The van der Waals surface area contributed by atoms with E-state index in [9.17, 15) is 9.59 Å². The maximum absolute atomic E-state index is 11.9. The zero-order chi connectivity index (χ0) is 18.5. The molecule has 1 saturated carbocycles. The maximum atomic E-state index is 11.9. The zero-order valence-electron chi connectivity index (χ0n) is 14.6. The van der Waals surface area contributed by atoms with Crippen molar-refractivity contribution in [2.24, 2.45) is 5.92 Å². The van der Waals surface area contributed by atoms with E-state index < -0.39 is 5.97 Å². The van der Waals surface area contributed by atoms with Gasteiger partial charge in [-0.1, -0.05) is 31.4 Å². The largest absolute Gasteiger partial charge is 0.454 e. The second kappa shape index (κ2) is 8.45. The van der Waals surface area contributed by atoms with Crippen molar-refractivity contribution in [3.05, 3.63) is 28.8 Å². The highest BCUT2D eigenvalue weighted by Crippen LogP contribution is 2.40. The Kier molecular flexibility index (Phi) is 6.04. The van der Waals surface area contributed by atoms with Crippen LogP contribution in [0.1, 0.15) is 38.2 Å². The molecule has 1 heterocycles. The molecule has 0 unspecified atom stereocenters. The number of fused-ring (bicyclic) bond motifs is 1. The van der Waals surface area contributed by atoms with Gasteiger partial charge in [-0.05, 0) is 42.5 Å². The number of hydrogen-bond acceptors (Lipinski definition) is 5. The minimum absolute atomic E-state index is 0.124. The van der Waals surface area contributed by atoms with Crippen molar-refractivity contribution in [2.45, 2.75) is 38.6 Å². The molecule has 0 spiro atoms. The van der Waals surface area contributed by atoms with Crippen LogP contribution in [0.25, 0.3) is 6.08 Å². The normalized spacial score (nSPS) is 21.6. The molecule has 26 heavy (non-hydrogen) atoms. The molecule has 6 nitrogen and oxygen atoms in total. The molecule has 2 atom stereocenters. The number of hydrogen-bond donors (Lipinski definition) is 1. The van der Waals surface area contributed by atoms with Gasteiger partial charge in [0.25, 0.3) is 5.91 Å². The predicted octanol–water partition coefficient (Wildman–Crippen LogP) is 3.32. The minimum Gasteiger partial charge on any atom is -0.454 e. The van der Waals surface area contributed by atoms with E-state index >= 15 is 0 Å². The van der Waals surface area contributed by atoms with Crippen molar-refractivity contribution < 1.29 is 23.8 Å². The quantitative estimate of drug-likeness (QED) is 0.627. The SMILES string of the molecule is C[C@@H]1CCCC[C@H]1NC(=O)COC(=O)/C=C/c1cc(Cl)c2c(c1)OCO2. The fourth-order valence-electron chi connectivity index (χ4n) is 3.21. The number of nitrogens with one attached hydrogen (secondary N) is 1. The lowest BCUT2D eigenvalue weighted by molar-refractivity contribution is -0.144. The fraction of sp³-hybridized carbons (Fsp3) is 0.474. The van der Waals surface area contributed by atoms with Gasteiger partial charge < -0.3 is 19.5 Å². The summed E-state index contributed by atoms with van der Waals surface area (Å²) in [5, 5.41) is 3.36. The number of carbonyl (C=O) groups is 2. The number of esters is 1. The highest BCUT2D eigenvalue weighted by molar-refractivity contribution is 6.32. The van der Waals surface area contributed by atoms with Crippen molar-refractivity contribution in [2.75, 3.05) is 13.4 Å². The first-order valence-electron chi connectivity index (χ1n) is 8.76. The summed E-state index contributed by atoms with van der Waals surface area (Å²) in [5.74, 6) is 0.632. The Labute approximate surface area is 157 Å². The summed E-state index contributed by atoms with van der Waals surface area (Å²) in [6.45, 7) is 1.97. The number of halogens is 1. The lowest BCUT2D eigenvalue weighted by Gasteiger charge is -2.29. The van der Waals surface area contributed by atoms with Crippen LogP contribution < -0.4 is 14.8 Å². The summed E-state index contributed by atoms with van der Waals surface area (Å²) in [7, 11) is 0. The molecule has 1 aliphatic carbocycles. The van der Waals surface area contributed by atoms with Gasteiger partial charge in [-0.3, -0.25) is 4.79 Å². The van der Waals surface area contributed by atoms with Crippen molar-refractivity contribution in [1.82, 2.24) is 5.32 Å². The molecule has 0 radical (unpaired) electrons. The van der Waals surface area contributed by atoms with Gasteiger partial charge in [0.15, 0.2) is 18.1 Å². The van der Waals surface area contributed by atoms with Crippen molar-refractivity contribution in [3.8, 4) is 11.5 Å². The molecule has 1 fully saturated rings. The molecule has 1 N–H and O–H groups in total. The molecular weight excluding hydrogens is 358 g/mol. The first-order valence-corrected chi connectivity index (χ1v) is 9.14. The van der Waals surface area contributed by atoms with Gasteiger partial charge >= 0.3 is 5.97 Å². The standard InChI is InChI=1S/C19H22ClNO5/c1-12-4-2-3-5-15(12)21-17(22)10-24-18(23)7-6-13-8-14(20)19-16(9-13)25-11-26-19/h6-9,12,15H,2-5,10-11H2,1H3,(H,21,22)/b7-6+/t12-,15-/m1/s1. The molecule has 0 bridgehead atoms. The summed E-state index contributed by atoms with van der Waals surface area (Å²) in [5.41, 5.74) is 0.677. The van der Waals surface area contributed by atoms with Gasteiger partial charge in [-0.15, -0.1) is 0 Å². The molecule has 1 amide bonds. The highest BCUT2D eigenvalue weighted by Gasteiger charge is 2.23. The third-order valence-corrected chi connectivity index (χ3v) is 4.95. The average Bonchev–Trinajstić information content (AvgIpc) is 3.09. The van der Waals surface area contributed by atoms with E-state index in [-0.39, 0.29) is 25.3 Å². The van der Waals surface area contributed by atoms with Gasteiger partial charge in [0, 0.05) is 12.1 Å². The van der Waals surface area contributed by atoms with Crippen LogP contribution in [0.15, 0.2) is 18.2 Å². The number of benzene rings is 1. The maximum Gasteiger partial charge on any atom is 0.331 e. The van der Waals surface area contributed by atoms with Crippen molar-refractivity contribution in [1.29, 1.82) is 0 Å². The molecule has 1 aromatic rings. The van der Waals surface area contributed by atoms with Crippen LogP contribution in [0.2, 0.25) is 5.02 Å². The Morgan fingerprint density at radius 1 is 1.31 bits per heavy atom. The summed E-state index contributed by atoms with van der Waals surface area (Å²) in [6, 6.07) is 3.55. The second-order valence-electron chi connectivity index (χ2n) is 6.61. The molecule has 0 saturated heterocycles. The van der Waals surface area contributed by atoms with Crippen LogP contribution in [0.5, 0.6) is 11.5 Å². The highest BCUT2D eigenvalue weighted by atomic mass is 35.5. The molecule has 1 aliphatic heterocycles. The van der Waals surface area contributed by atoms with Crippen molar-refractivity contribution in [3.63, 3.8) is 0 Å². The molecule has 0 aromatic heterocycles. The van der Waals surface area contributed by atoms with Crippen molar-refractivity contribution >= 4 is 29.6 Å². The summed E-state index contributed by atoms with van der Waals surface area (Å²) in [4.78, 5) is 23.8. The Morgan fingerprint density at radius 2 is 2.12 bits per heavy atom. The van der Waals surface area contributed by atoms with Gasteiger partial charge in [0.05, 0.1) is 5.02 Å². The Bertz CT molecular complexity index is 718. The molecule has 7 heteroatoms. The van der Waals surface area contributed by atoms with Crippen LogP contribution in [0, 0.1) is 5.92 Å². The first kappa shape index (κ1) is 18.6. The van der Waals surface area contributed by atoms with E-state index in [1.807, 2.05) is 0 Å². The molecule has 2 aliphatic rings. The summed E-state index contributed by atoms with van der Waals surface area (Å²) < 4.78 is 15.5. The van der Waals surface area contributed by atoms with Crippen LogP contribution >= 0.6 is 11.6 Å².